The SMILES string of the molecule is Cc1cnc(=O)n(CC(O)c2ccc3ccccc3c2)c1. The van der Waals surface area contributed by atoms with Crippen LogP contribution in [0.3, 0.4) is 0 Å². The van der Waals surface area contributed by atoms with Crippen molar-refractivity contribution in [3.63, 3.8) is 0 Å². The second-order valence-corrected chi connectivity index (χ2v) is 5.19. The fourth-order valence-corrected chi connectivity index (χ4v) is 2.40. The molecule has 4 heteroatoms. The highest BCUT2D eigenvalue weighted by molar-refractivity contribution is 5.83. The van der Waals surface area contributed by atoms with E-state index in [0.29, 0.717) is 0 Å². The van der Waals surface area contributed by atoms with E-state index in [9.17, 15) is 9.90 Å². The monoisotopic (exact) mass is 280 g/mol. The highest BCUT2D eigenvalue weighted by Crippen LogP contribution is 2.21. The fourth-order valence-electron chi connectivity index (χ4n) is 2.40. The molecule has 1 N–H and O–H groups in total. The number of benzene rings is 2. The van der Waals surface area contributed by atoms with Crippen LogP contribution in [0.4, 0.5) is 0 Å². The summed E-state index contributed by atoms with van der Waals surface area (Å²) in [5, 5.41) is 12.6. The zero-order valence-corrected chi connectivity index (χ0v) is 11.7. The molecule has 3 aromatic rings. The molecule has 1 unspecified atom stereocenters. The van der Waals surface area contributed by atoms with Gasteiger partial charge in [-0.05, 0) is 34.9 Å². The lowest BCUT2D eigenvalue weighted by Gasteiger charge is -2.13. The average molecular weight is 280 g/mol. The predicted octanol–water partition coefficient (Wildman–Crippen LogP) is 2.44. The van der Waals surface area contributed by atoms with E-state index in [1.54, 1.807) is 6.20 Å². The van der Waals surface area contributed by atoms with Crippen molar-refractivity contribution >= 4 is 10.8 Å². The standard InChI is InChI=1S/C17H16N2O2/c1-12-9-18-17(21)19(10-12)11-16(20)15-7-6-13-4-2-3-5-14(13)8-15/h2-10,16,20H,11H2,1H3. The number of aliphatic hydroxyl groups is 1. The number of fused-ring (bicyclic) bond motifs is 1. The van der Waals surface area contributed by atoms with Gasteiger partial charge in [-0.1, -0.05) is 36.4 Å². The maximum absolute atomic E-state index is 11.7. The molecule has 3 rings (SSSR count). The predicted molar refractivity (Wildman–Crippen MR) is 82.1 cm³/mol. The van der Waals surface area contributed by atoms with E-state index < -0.39 is 6.10 Å². The number of hydrogen-bond donors (Lipinski definition) is 1. The molecule has 0 spiro atoms. The molecular formula is C17H16N2O2. The summed E-state index contributed by atoms with van der Waals surface area (Å²) in [6.07, 6.45) is 2.50. The van der Waals surface area contributed by atoms with Crippen LogP contribution in [0.2, 0.25) is 0 Å². The largest absolute Gasteiger partial charge is 0.387 e. The molecule has 2 aromatic carbocycles. The summed E-state index contributed by atoms with van der Waals surface area (Å²) in [5.41, 5.74) is 1.34. The number of hydrogen-bond acceptors (Lipinski definition) is 3. The summed E-state index contributed by atoms with van der Waals surface area (Å²) >= 11 is 0. The van der Waals surface area contributed by atoms with Crippen molar-refractivity contribution in [1.82, 2.24) is 9.55 Å². The first-order chi connectivity index (χ1) is 10.1. The molecule has 4 nitrogen and oxygen atoms in total. The van der Waals surface area contributed by atoms with Crippen LogP contribution in [0.5, 0.6) is 0 Å². The van der Waals surface area contributed by atoms with Gasteiger partial charge in [0, 0.05) is 12.4 Å². The number of aliphatic hydroxyl groups excluding tert-OH is 1. The molecule has 0 amide bonds. The van der Waals surface area contributed by atoms with E-state index >= 15 is 0 Å². The van der Waals surface area contributed by atoms with Crippen LogP contribution in [-0.4, -0.2) is 14.7 Å². The van der Waals surface area contributed by atoms with Gasteiger partial charge in [0.15, 0.2) is 0 Å². The van der Waals surface area contributed by atoms with Crippen molar-refractivity contribution < 1.29 is 5.11 Å². The Labute approximate surface area is 122 Å². The molecule has 1 aromatic heterocycles. The van der Waals surface area contributed by atoms with Gasteiger partial charge in [0.1, 0.15) is 0 Å². The Morgan fingerprint density at radius 3 is 2.76 bits per heavy atom. The van der Waals surface area contributed by atoms with Gasteiger partial charge in [0.25, 0.3) is 0 Å². The second kappa shape index (κ2) is 5.50. The van der Waals surface area contributed by atoms with Crippen molar-refractivity contribution in [3.8, 4) is 0 Å². The summed E-state index contributed by atoms with van der Waals surface area (Å²) in [6, 6.07) is 13.8. The number of aromatic nitrogens is 2. The second-order valence-electron chi connectivity index (χ2n) is 5.19. The Morgan fingerprint density at radius 1 is 1.19 bits per heavy atom. The van der Waals surface area contributed by atoms with Crippen LogP contribution in [-0.2, 0) is 6.54 Å². The zero-order chi connectivity index (χ0) is 14.8. The smallest absolute Gasteiger partial charge is 0.347 e. The van der Waals surface area contributed by atoms with Crippen LogP contribution in [0.15, 0.2) is 59.7 Å². The summed E-state index contributed by atoms with van der Waals surface area (Å²) in [5.74, 6) is 0. The summed E-state index contributed by atoms with van der Waals surface area (Å²) < 4.78 is 1.44. The normalized spacial score (nSPS) is 12.5. The molecule has 0 aliphatic rings. The van der Waals surface area contributed by atoms with Crippen LogP contribution >= 0.6 is 0 Å². The van der Waals surface area contributed by atoms with Crippen LogP contribution < -0.4 is 5.69 Å². The molecule has 21 heavy (non-hydrogen) atoms. The Balaban J connectivity index is 1.91. The maximum Gasteiger partial charge on any atom is 0.347 e. The first kappa shape index (κ1) is 13.5. The molecule has 0 bridgehead atoms. The molecule has 1 heterocycles. The topological polar surface area (TPSA) is 55.1 Å². The lowest BCUT2D eigenvalue weighted by Crippen LogP contribution is -2.25. The number of nitrogens with zero attached hydrogens (tertiary/aromatic N) is 2. The third-order valence-electron chi connectivity index (χ3n) is 3.51. The van der Waals surface area contributed by atoms with Crippen LogP contribution in [0, 0.1) is 6.92 Å². The van der Waals surface area contributed by atoms with Gasteiger partial charge in [-0.25, -0.2) is 9.78 Å². The van der Waals surface area contributed by atoms with Gasteiger partial charge in [-0.2, -0.15) is 0 Å². The average Bonchev–Trinajstić information content (AvgIpc) is 2.50. The van der Waals surface area contributed by atoms with Gasteiger partial charge in [0.05, 0.1) is 12.6 Å². The lowest BCUT2D eigenvalue weighted by atomic mass is 10.0. The quantitative estimate of drug-likeness (QED) is 0.801. The first-order valence-electron chi connectivity index (χ1n) is 6.83. The van der Waals surface area contributed by atoms with Crippen molar-refractivity contribution in [1.29, 1.82) is 0 Å². The Kier molecular flexibility index (Phi) is 3.54. The minimum atomic E-state index is -0.740. The molecule has 0 aliphatic heterocycles. The summed E-state index contributed by atoms with van der Waals surface area (Å²) in [4.78, 5) is 15.5. The van der Waals surface area contributed by atoms with E-state index in [4.69, 9.17) is 0 Å². The summed E-state index contributed by atoms with van der Waals surface area (Å²) in [6.45, 7) is 2.07. The number of rotatable bonds is 3. The van der Waals surface area contributed by atoms with Gasteiger partial charge in [-0.3, -0.25) is 4.57 Å². The Bertz CT molecular complexity index is 839. The van der Waals surface area contributed by atoms with E-state index in [1.165, 1.54) is 10.8 Å². The van der Waals surface area contributed by atoms with Gasteiger partial charge < -0.3 is 5.11 Å². The highest BCUT2D eigenvalue weighted by Gasteiger charge is 2.10. The van der Waals surface area contributed by atoms with Gasteiger partial charge >= 0.3 is 5.69 Å². The Hall–Kier alpha value is -2.46. The van der Waals surface area contributed by atoms with Crippen molar-refractivity contribution in [3.05, 3.63) is 76.5 Å². The van der Waals surface area contributed by atoms with Crippen molar-refractivity contribution in [2.75, 3.05) is 0 Å². The number of aryl methyl sites for hydroxylation is 1. The zero-order valence-electron chi connectivity index (χ0n) is 11.7. The maximum atomic E-state index is 11.7. The van der Waals surface area contributed by atoms with Crippen LogP contribution in [0.1, 0.15) is 17.2 Å². The highest BCUT2D eigenvalue weighted by atomic mass is 16.3. The molecule has 106 valence electrons. The minimum absolute atomic E-state index is 0.200. The molecular weight excluding hydrogens is 264 g/mol. The molecule has 0 radical (unpaired) electrons. The molecule has 0 aliphatic carbocycles. The summed E-state index contributed by atoms with van der Waals surface area (Å²) in [7, 11) is 0. The van der Waals surface area contributed by atoms with Crippen molar-refractivity contribution in [2.45, 2.75) is 19.6 Å². The molecule has 0 fully saturated rings. The van der Waals surface area contributed by atoms with Gasteiger partial charge in [-0.15, -0.1) is 0 Å². The third kappa shape index (κ3) is 2.85. The minimum Gasteiger partial charge on any atom is -0.387 e. The molecule has 1 atom stereocenters. The fraction of sp³-hybridized carbons (Fsp3) is 0.176. The van der Waals surface area contributed by atoms with E-state index in [-0.39, 0.29) is 12.2 Å². The Morgan fingerprint density at radius 2 is 1.95 bits per heavy atom. The van der Waals surface area contributed by atoms with Crippen LogP contribution in [0.25, 0.3) is 10.8 Å². The van der Waals surface area contributed by atoms with Crippen molar-refractivity contribution in [2.24, 2.45) is 0 Å². The molecule has 0 saturated heterocycles. The molecule has 0 saturated carbocycles. The first-order valence-corrected chi connectivity index (χ1v) is 6.83. The van der Waals surface area contributed by atoms with E-state index in [1.807, 2.05) is 49.4 Å². The lowest BCUT2D eigenvalue weighted by molar-refractivity contribution is 0.154. The van der Waals surface area contributed by atoms with Gasteiger partial charge in [0.2, 0.25) is 0 Å². The van der Waals surface area contributed by atoms with E-state index in [0.717, 1.165) is 21.9 Å². The third-order valence-corrected chi connectivity index (χ3v) is 3.51. The van der Waals surface area contributed by atoms with E-state index in [2.05, 4.69) is 4.98 Å².